The molecule has 1 N–H and O–H groups in total. The third kappa shape index (κ3) is 2.50. The molecule has 4 bridgehead atoms. The van der Waals surface area contributed by atoms with Gasteiger partial charge in [-0.05, 0) is 79.9 Å². The Labute approximate surface area is 133 Å². The van der Waals surface area contributed by atoms with Gasteiger partial charge in [0.15, 0.2) is 0 Å². The molecule has 4 aliphatic rings. The zero-order chi connectivity index (χ0) is 15.3. The van der Waals surface area contributed by atoms with Gasteiger partial charge in [-0.1, -0.05) is 19.1 Å². The molecule has 5 rings (SSSR count). The minimum Gasteiger partial charge on any atom is -0.208 e. The monoisotopic (exact) mass is 319 g/mol. The van der Waals surface area contributed by atoms with Crippen molar-refractivity contribution in [1.29, 1.82) is 0 Å². The van der Waals surface area contributed by atoms with Crippen molar-refractivity contribution >= 4 is 10.0 Å². The molecule has 0 atom stereocenters. The average Bonchev–Trinajstić information content (AvgIpc) is 2.50. The van der Waals surface area contributed by atoms with Crippen molar-refractivity contribution in [1.82, 2.24) is 4.72 Å². The highest BCUT2D eigenvalue weighted by Gasteiger charge is 2.49. The normalized spacial score (nSPS) is 36.7. The van der Waals surface area contributed by atoms with Gasteiger partial charge < -0.3 is 0 Å². The molecule has 3 nitrogen and oxygen atoms in total. The second-order valence-electron chi connectivity index (χ2n) is 7.58. The Balaban J connectivity index is 1.54. The van der Waals surface area contributed by atoms with Crippen molar-refractivity contribution in [3.05, 3.63) is 29.8 Å². The minimum atomic E-state index is -3.38. The maximum absolute atomic E-state index is 12.7. The van der Waals surface area contributed by atoms with Gasteiger partial charge in [-0.15, -0.1) is 0 Å². The summed E-state index contributed by atoms with van der Waals surface area (Å²) < 4.78 is 28.5. The number of hydrogen-bond donors (Lipinski definition) is 1. The molecule has 0 unspecified atom stereocenters. The maximum Gasteiger partial charge on any atom is 0.240 e. The van der Waals surface area contributed by atoms with E-state index in [0.717, 1.165) is 18.3 Å². The predicted octanol–water partition coefficient (Wildman–Crippen LogP) is 3.35. The van der Waals surface area contributed by atoms with Crippen LogP contribution in [0, 0.1) is 23.7 Å². The lowest BCUT2D eigenvalue weighted by molar-refractivity contribution is -0.00557. The van der Waals surface area contributed by atoms with Gasteiger partial charge in [-0.3, -0.25) is 0 Å². The predicted molar refractivity (Wildman–Crippen MR) is 87.0 cm³/mol. The minimum absolute atomic E-state index is 0.170. The highest BCUT2D eigenvalue weighted by molar-refractivity contribution is 7.89. The molecule has 22 heavy (non-hydrogen) atoms. The lowest BCUT2D eigenvalue weighted by Gasteiger charge is -2.54. The van der Waals surface area contributed by atoms with E-state index in [1.165, 1.54) is 37.7 Å². The fourth-order valence-electron chi connectivity index (χ4n) is 5.27. The molecule has 120 valence electrons. The van der Waals surface area contributed by atoms with Crippen LogP contribution in [0.4, 0.5) is 0 Å². The summed E-state index contributed by atoms with van der Waals surface area (Å²) in [6.07, 6.45) is 7.25. The van der Waals surface area contributed by atoms with Crippen molar-refractivity contribution < 1.29 is 8.42 Å². The summed E-state index contributed by atoms with van der Waals surface area (Å²) in [6.45, 7) is 2.08. The number of nitrogens with one attached hydrogen (secondary N) is 1. The maximum atomic E-state index is 12.7. The standard InChI is InChI=1S/C18H25NO2S/c1-2-12-3-5-17(6-4-12)22(20,21)19-18-15-8-13-7-14(10-15)11-16(18)9-13/h3-6,13-16,18-19H,2,7-11H2,1H3. The van der Waals surface area contributed by atoms with Gasteiger partial charge in [0.05, 0.1) is 4.90 Å². The first-order valence-corrected chi connectivity index (χ1v) is 10.1. The van der Waals surface area contributed by atoms with Gasteiger partial charge in [0.25, 0.3) is 0 Å². The summed E-state index contributed by atoms with van der Waals surface area (Å²) in [4.78, 5) is 0.415. The van der Waals surface area contributed by atoms with E-state index in [-0.39, 0.29) is 6.04 Å². The van der Waals surface area contributed by atoms with Crippen LogP contribution in [0.5, 0.6) is 0 Å². The molecule has 0 heterocycles. The lowest BCUT2D eigenvalue weighted by Crippen LogP contribution is -2.55. The largest absolute Gasteiger partial charge is 0.240 e. The summed E-state index contributed by atoms with van der Waals surface area (Å²) in [5, 5.41) is 0. The number of sulfonamides is 1. The zero-order valence-electron chi connectivity index (χ0n) is 13.2. The molecule has 0 aliphatic heterocycles. The molecule has 0 aromatic heterocycles. The molecule has 4 fully saturated rings. The topological polar surface area (TPSA) is 46.2 Å². The van der Waals surface area contributed by atoms with Crippen LogP contribution < -0.4 is 4.72 Å². The number of hydrogen-bond acceptors (Lipinski definition) is 2. The van der Waals surface area contributed by atoms with Crippen molar-refractivity contribution in [3.63, 3.8) is 0 Å². The first-order chi connectivity index (χ1) is 10.5. The van der Waals surface area contributed by atoms with E-state index in [9.17, 15) is 8.42 Å². The van der Waals surface area contributed by atoms with Crippen molar-refractivity contribution in [2.75, 3.05) is 0 Å². The van der Waals surface area contributed by atoms with Gasteiger partial charge in [-0.2, -0.15) is 0 Å². The molecule has 0 amide bonds. The first-order valence-electron chi connectivity index (χ1n) is 8.66. The molecule has 1 aromatic carbocycles. The second kappa shape index (κ2) is 5.34. The third-order valence-electron chi connectivity index (χ3n) is 6.16. The van der Waals surface area contributed by atoms with E-state index in [0.29, 0.717) is 16.7 Å². The molecule has 1 aromatic rings. The van der Waals surface area contributed by atoms with Crippen molar-refractivity contribution in [3.8, 4) is 0 Å². The van der Waals surface area contributed by atoms with Gasteiger partial charge in [-0.25, -0.2) is 13.1 Å². The summed E-state index contributed by atoms with van der Waals surface area (Å²) in [6, 6.07) is 7.51. The number of rotatable bonds is 4. The van der Waals surface area contributed by atoms with E-state index < -0.39 is 10.0 Å². The molecule has 4 saturated carbocycles. The Morgan fingerprint density at radius 2 is 1.50 bits per heavy atom. The van der Waals surface area contributed by atoms with E-state index in [2.05, 4.69) is 11.6 Å². The Morgan fingerprint density at radius 1 is 0.955 bits per heavy atom. The van der Waals surface area contributed by atoms with Crippen LogP contribution in [0.2, 0.25) is 0 Å². The van der Waals surface area contributed by atoms with E-state index in [1.807, 2.05) is 12.1 Å². The van der Waals surface area contributed by atoms with Crippen LogP contribution in [-0.4, -0.2) is 14.5 Å². The number of aryl methyl sites for hydroxylation is 1. The van der Waals surface area contributed by atoms with Gasteiger partial charge in [0.1, 0.15) is 0 Å². The fraction of sp³-hybridized carbons (Fsp3) is 0.667. The molecule has 0 radical (unpaired) electrons. The van der Waals surface area contributed by atoms with Crippen LogP contribution >= 0.6 is 0 Å². The third-order valence-corrected chi connectivity index (χ3v) is 7.64. The average molecular weight is 319 g/mol. The highest BCUT2D eigenvalue weighted by Crippen LogP contribution is 2.53. The Morgan fingerprint density at radius 3 is 2.00 bits per heavy atom. The smallest absolute Gasteiger partial charge is 0.208 e. The van der Waals surface area contributed by atoms with Crippen LogP contribution in [0.25, 0.3) is 0 Å². The summed E-state index contributed by atoms with van der Waals surface area (Å²) in [5.41, 5.74) is 1.17. The lowest BCUT2D eigenvalue weighted by atomic mass is 9.54. The van der Waals surface area contributed by atoms with Crippen molar-refractivity contribution in [2.45, 2.75) is 56.4 Å². The van der Waals surface area contributed by atoms with Crippen LogP contribution in [0.1, 0.15) is 44.6 Å². The van der Waals surface area contributed by atoms with Gasteiger partial charge >= 0.3 is 0 Å². The molecule has 0 saturated heterocycles. The van der Waals surface area contributed by atoms with Crippen molar-refractivity contribution in [2.24, 2.45) is 23.7 Å². The van der Waals surface area contributed by atoms with E-state index >= 15 is 0 Å². The van der Waals surface area contributed by atoms with Crippen LogP contribution in [0.15, 0.2) is 29.2 Å². The molecular formula is C18H25NO2S. The van der Waals surface area contributed by atoms with Crippen LogP contribution in [0.3, 0.4) is 0 Å². The second-order valence-corrected chi connectivity index (χ2v) is 9.29. The van der Waals surface area contributed by atoms with E-state index in [4.69, 9.17) is 0 Å². The quantitative estimate of drug-likeness (QED) is 0.925. The Bertz CT molecular complexity index is 622. The summed E-state index contributed by atoms with van der Waals surface area (Å²) in [5.74, 6) is 2.88. The summed E-state index contributed by atoms with van der Waals surface area (Å²) >= 11 is 0. The van der Waals surface area contributed by atoms with E-state index in [1.54, 1.807) is 12.1 Å². The van der Waals surface area contributed by atoms with Gasteiger partial charge in [0.2, 0.25) is 10.0 Å². The first kappa shape index (κ1) is 14.7. The highest BCUT2D eigenvalue weighted by atomic mass is 32.2. The fourth-order valence-corrected chi connectivity index (χ4v) is 6.64. The molecular weight excluding hydrogens is 294 g/mol. The van der Waals surface area contributed by atoms with Crippen LogP contribution in [-0.2, 0) is 16.4 Å². The SMILES string of the molecule is CCc1ccc(S(=O)(=O)NC2C3CC4CC(C3)CC2C4)cc1. The zero-order valence-corrected chi connectivity index (χ0v) is 14.0. The summed E-state index contributed by atoms with van der Waals surface area (Å²) in [7, 11) is -3.38. The number of benzene rings is 1. The molecule has 4 aliphatic carbocycles. The Hall–Kier alpha value is -0.870. The van der Waals surface area contributed by atoms with Gasteiger partial charge in [0, 0.05) is 6.04 Å². The molecule has 4 heteroatoms. The Kier molecular flexibility index (Phi) is 3.57. The molecule has 0 spiro atoms.